The number of hydrogen-bond acceptors (Lipinski definition) is 5. The normalized spacial score (nSPS) is 11.8. The second kappa shape index (κ2) is 7.63. The standard InChI is InChI=1S/C14H21NO4/c1-10(15)11-6-7-12(13(9-11)17-2)19-8-4-5-14(16)18-3/h6-7,9-10H,4-5,8,15H2,1-3H3. The van der Waals surface area contributed by atoms with E-state index in [1.807, 2.05) is 25.1 Å². The number of esters is 1. The Morgan fingerprint density at radius 1 is 1.32 bits per heavy atom. The fraction of sp³-hybridized carbons (Fsp3) is 0.500. The minimum absolute atomic E-state index is 0.0534. The number of rotatable bonds is 7. The summed E-state index contributed by atoms with van der Waals surface area (Å²) in [6.45, 7) is 2.34. The van der Waals surface area contributed by atoms with E-state index in [4.69, 9.17) is 15.2 Å². The molecule has 1 atom stereocenters. The van der Waals surface area contributed by atoms with E-state index in [9.17, 15) is 4.79 Å². The highest BCUT2D eigenvalue weighted by molar-refractivity contribution is 5.69. The number of hydrogen-bond donors (Lipinski definition) is 1. The van der Waals surface area contributed by atoms with Crippen LogP contribution < -0.4 is 15.2 Å². The molecule has 1 unspecified atom stereocenters. The SMILES string of the molecule is COC(=O)CCCOc1ccc(C(C)N)cc1OC. The minimum Gasteiger partial charge on any atom is -0.493 e. The van der Waals surface area contributed by atoms with Crippen LogP contribution in [0.25, 0.3) is 0 Å². The molecule has 0 heterocycles. The zero-order valence-corrected chi connectivity index (χ0v) is 11.6. The molecule has 0 aliphatic heterocycles. The van der Waals surface area contributed by atoms with E-state index in [2.05, 4.69) is 4.74 Å². The Bertz CT molecular complexity index is 418. The fourth-order valence-corrected chi connectivity index (χ4v) is 1.59. The smallest absolute Gasteiger partial charge is 0.305 e. The summed E-state index contributed by atoms with van der Waals surface area (Å²) >= 11 is 0. The van der Waals surface area contributed by atoms with Gasteiger partial charge in [-0.05, 0) is 31.0 Å². The molecule has 0 aliphatic rings. The number of carbonyl (C=O) groups excluding carboxylic acids is 1. The first-order valence-electron chi connectivity index (χ1n) is 6.21. The van der Waals surface area contributed by atoms with Gasteiger partial charge in [-0.3, -0.25) is 4.79 Å². The quantitative estimate of drug-likeness (QED) is 0.604. The largest absolute Gasteiger partial charge is 0.493 e. The van der Waals surface area contributed by atoms with Crippen LogP contribution in [0.5, 0.6) is 11.5 Å². The van der Waals surface area contributed by atoms with Crippen LogP contribution in [-0.2, 0) is 9.53 Å². The zero-order chi connectivity index (χ0) is 14.3. The van der Waals surface area contributed by atoms with Gasteiger partial charge in [0.1, 0.15) is 0 Å². The molecule has 1 aromatic carbocycles. The fourth-order valence-electron chi connectivity index (χ4n) is 1.59. The van der Waals surface area contributed by atoms with E-state index in [0.717, 1.165) is 5.56 Å². The molecule has 0 aliphatic carbocycles. The van der Waals surface area contributed by atoms with Crippen LogP contribution in [-0.4, -0.2) is 26.8 Å². The average Bonchev–Trinajstić information content (AvgIpc) is 2.42. The molecule has 0 fully saturated rings. The molecule has 2 N–H and O–H groups in total. The second-order valence-corrected chi connectivity index (χ2v) is 4.23. The molecule has 5 nitrogen and oxygen atoms in total. The molecule has 0 saturated carbocycles. The molecule has 0 aromatic heterocycles. The molecule has 106 valence electrons. The van der Waals surface area contributed by atoms with Crippen molar-refractivity contribution >= 4 is 5.97 Å². The van der Waals surface area contributed by atoms with Gasteiger partial charge in [-0.1, -0.05) is 6.07 Å². The molecule has 0 bridgehead atoms. The molecular formula is C14H21NO4. The number of carbonyl (C=O) groups is 1. The van der Waals surface area contributed by atoms with Crippen molar-refractivity contribution in [2.24, 2.45) is 5.73 Å². The topological polar surface area (TPSA) is 70.8 Å². The lowest BCUT2D eigenvalue weighted by molar-refractivity contribution is -0.140. The number of ether oxygens (including phenoxy) is 3. The van der Waals surface area contributed by atoms with Crippen LogP contribution in [0.4, 0.5) is 0 Å². The first-order chi connectivity index (χ1) is 9.08. The van der Waals surface area contributed by atoms with Crippen LogP contribution in [0.2, 0.25) is 0 Å². The molecule has 0 saturated heterocycles. The van der Waals surface area contributed by atoms with Crippen LogP contribution in [0.15, 0.2) is 18.2 Å². The van der Waals surface area contributed by atoms with E-state index in [-0.39, 0.29) is 12.0 Å². The summed E-state index contributed by atoms with van der Waals surface area (Å²) in [5.74, 6) is 1.06. The monoisotopic (exact) mass is 267 g/mol. The molecule has 0 spiro atoms. The van der Waals surface area contributed by atoms with Crippen LogP contribution in [0, 0.1) is 0 Å². The zero-order valence-electron chi connectivity index (χ0n) is 11.6. The Morgan fingerprint density at radius 2 is 2.05 bits per heavy atom. The summed E-state index contributed by atoms with van der Waals surface area (Å²) in [4.78, 5) is 10.9. The van der Waals surface area contributed by atoms with Gasteiger partial charge in [0.25, 0.3) is 0 Å². The van der Waals surface area contributed by atoms with Gasteiger partial charge in [0.15, 0.2) is 11.5 Å². The maximum Gasteiger partial charge on any atom is 0.305 e. The third-order valence-electron chi connectivity index (χ3n) is 2.72. The predicted molar refractivity (Wildman–Crippen MR) is 72.3 cm³/mol. The lowest BCUT2D eigenvalue weighted by Gasteiger charge is -2.13. The molecule has 0 amide bonds. The van der Waals surface area contributed by atoms with Crippen molar-refractivity contribution in [3.05, 3.63) is 23.8 Å². The van der Waals surface area contributed by atoms with Gasteiger partial charge in [-0.15, -0.1) is 0 Å². The van der Waals surface area contributed by atoms with Crippen molar-refractivity contribution < 1.29 is 19.0 Å². The Hall–Kier alpha value is -1.75. The minimum atomic E-state index is -0.233. The van der Waals surface area contributed by atoms with Crippen molar-refractivity contribution in [3.63, 3.8) is 0 Å². The highest BCUT2D eigenvalue weighted by Crippen LogP contribution is 2.29. The van der Waals surface area contributed by atoms with Gasteiger partial charge in [0, 0.05) is 12.5 Å². The van der Waals surface area contributed by atoms with Gasteiger partial charge in [-0.25, -0.2) is 0 Å². The molecule has 5 heteroatoms. The van der Waals surface area contributed by atoms with Crippen molar-refractivity contribution in [3.8, 4) is 11.5 Å². The van der Waals surface area contributed by atoms with E-state index in [1.165, 1.54) is 7.11 Å². The summed E-state index contributed by atoms with van der Waals surface area (Å²) < 4.78 is 15.4. The van der Waals surface area contributed by atoms with Gasteiger partial charge >= 0.3 is 5.97 Å². The van der Waals surface area contributed by atoms with E-state index in [0.29, 0.717) is 30.9 Å². The lowest BCUT2D eigenvalue weighted by Crippen LogP contribution is -2.07. The highest BCUT2D eigenvalue weighted by atomic mass is 16.5. The second-order valence-electron chi connectivity index (χ2n) is 4.23. The van der Waals surface area contributed by atoms with Crippen molar-refractivity contribution in [1.82, 2.24) is 0 Å². The van der Waals surface area contributed by atoms with Gasteiger partial charge in [0.05, 0.1) is 20.8 Å². The molecular weight excluding hydrogens is 246 g/mol. The summed E-state index contributed by atoms with van der Waals surface area (Å²) in [5, 5.41) is 0. The van der Waals surface area contributed by atoms with Gasteiger partial charge in [0.2, 0.25) is 0 Å². The maximum atomic E-state index is 10.9. The third-order valence-corrected chi connectivity index (χ3v) is 2.72. The first kappa shape index (κ1) is 15.3. The maximum absolute atomic E-state index is 10.9. The third kappa shape index (κ3) is 4.79. The molecule has 1 aromatic rings. The average molecular weight is 267 g/mol. The Labute approximate surface area is 113 Å². The van der Waals surface area contributed by atoms with Crippen molar-refractivity contribution in [1.29, 1.82) is 0 Å². The highest BCUT2D eigenvalue weighted by Gasteiger charge is 2.08. The Balaban J connectivity index is 2.56. The van der Waals surface area contributed by atoms with E-state index >= 15 is 0 Å². The first-order valence-corrected chi connectivity index (χ1v) is 6.21. The number of nitrogens with two attached hydrogens (primary N) is 1. The van der Waals surface area contributed by atoms with Crippen molar-refractivity contribution in [2.75, 3.05) is 20.8 Å². The van der Waals surface area contributed by atoms with Crippen LogP contribution in [0.1, 0.15) is 31.4 Å². The molecule has 1 rings (SSSR count). The number of methoxy groups -OCH3 is 2. The van der Waals surface area contributed by atoms with E-state index < -0.39 is 0 Å². The predicted octanol–water partition coefficient (Wildman–Crippen LogP) is 2.05. The number of benzene rings is 1. The summed E-state index contributed by atoms with van der Waals surface area (Å²) in [6.07, 6.45) is 0.946. The molecule has 0 radical (unpaired) electrons. The summed E-state index contributed by atoms with van der Waals surface area (Å²) in [6, 6.07) is 5.54. The van der Waals surface area contributed by atoms with E-state index in [1.54, 1.807) is 7.11 Å². The Morgan fingerprint density at radius 3 is 2.63 bits per heavy atom. The lowest BCUT2D eigenvalue weighted by atomic mass is 10.1. The Kier molecular flexibility index (Phi) is 6.15. The molecule has 19 heavy (non-hydrogen) atoms. The summed E-state index contributed by atoms with van der Waals surface area (Å²) in [5.41, 5.74) is 6.79. The van der Waals surface area contributed by atoms with Crippen LogP contribution >= 0.6 is 0 Å². The van der Waals surface area contributed by atoms with Gasteiger partial charge in [-0.2, -0.15) is 0 Å². The van der Waals surface area contributed by atoms with Crippen molar-refractivity contribution in [2.45, 2.75) is 25.8 Å². The van der Waals surface area contributed by atoms with Gasteiger partial charge < -0.3 is 19.9 Å². The summed E-state index contributed by atoms with van der Waals surface area (Å²) in [7, 11) is 2.96. The van der Waals surface area contributed by atoms with Crippen LogP contribution in [0.3, 0.4) is 0 Å².